The number of carbonyl (C=O) groups excluding carboxylic acids is 2. The second kappa shape index (κ2) is 12.5. The van der Waals surface area contributed by atoms with Gasteiger partial charge >= 0.3 is 0 Å². The summed E-state index contributed by atoms with van der Waals surface area (Å²) < 4.78 is 0. The van der Waals surface area contributed by atoms with Crippen molar-refractivity contribution in [3.8, 4) is 11.5 Å². The Morgan fingerprint density at radius 2 is 1.38 bits per heavy atom. The highest BCUT2D eigenvalue weighted by Crippen LogP contribution is 2.46. The first-order chi connectivity index (χ1) is 19.0. The summed E-state index contributed by atoms with van der Waals surface area (Å²) in [4.78, 5) is 29.4. The van der Waals surface area contributed by atoms with Crippen molar-refractivity contribution in [2.45, 2.75) is 79.7 Å². The zero-order valence-corrected chi connectivity index (χ0v) is 25.5. The van der Waals surface area contributed by atoms with Crippen molar-refractivity contribution in [2.24, 2.45) is 0 Å². The zero-order chi connectivity index (χ0) is 29.1. The Morgan fingerprint density at radius 3 is 1.90 bits per heavy atom. The van der Waals surface area contributed by atoms with Crippen LogP contribution in [0.1, 0.15) is 91.6 Å². The molecular weight excluding hydrogens is 537 g/mol. The average Bonchev–Trinajstić information content (AvgIpc) is 2.91. The molecule has 0 aromatic heterocycles. The predicted molar refractivity (Wildman–Crippen MR) is 165 cm³/mol. The number of phenolic OH excluding ortho intramolecular Hbond substituents is 2. The van der Waals surface area contributed by atoms with E-state index in [1.54, 1.807) is 0 Å². The van der Waals surface area contributed by atoms with Gasteiger partial charge in [0.25, 0.3) is 0 Å². The highest BCUT2D eigenvalue weighted by atomic mass is 32.2. The first-order valence-electron chi connectivity index (χ1n) is 13.5. The maximum Gasteiger partial charge on any atom is 0.194 e. The maximum atomic E-state index is 13.8. The van der Waals surface area contributed by atoms with Crippen LogP contribution in [0.5, 0.6) is 11.5 Å². The summed E-state index contributed by atoms with van der Waals surface area (Å²) in [5.41, 5.74) is 3.59. The van der Waals surface area contributed by atoms with Crippen LogP contribution in [-0.2, 0) is 0 Å². The third-order valence-corrected chi connectivity index (χ3v) is 9.27. The Labute approximate surface area is 245 Å². The van der Waals surface area contributed by atoms with Crippen molar-refractivity contribution in [2.75, 3.05) is 0 Å². The highest BCUT2D eigenvalue weighted by molar-refractivity contribution is 8.00. The number of fused-ring (bicyclic) bond motifs is 1. The van der Waals surface area contributed by atoms with E-state index in [-0.39, 0.29) is 27.9 Å². The minimum atomic E-state index is -0.479. The second-order valence-electron chi connectivity index (χ2n) is 11.0. The molecule has 0 amide bonds. The molecule has 208 valence electrons. The van der Waals surface area contributed by atoms with Gasteiger partial charge in [-0.05, 0) is 79.6 Å². The molecule has 40 heavy (non-hydrogen) atoms. The van der Waals surface area contributed by atoms with Crippen LogP contribution in [0.25, 0.3) is 0 Å². The van der Waals surface area contributed by atoms with Crippen LogP contribution >= 0.6 is 23.5 Å². The summed E-state index contributed by atoms with van der Waals surface area (Å²) >= 11 is 2.76. The number of hydrogen-bond acceptors (Lipinski definition) is 6. The number of thioether (sulfide) groups is 1. The van der Waals surface area contributed by atoms with Gasteiger partial charge < -0.3 is 10.2 Å². The lowest BCUT2D eigenvalue weighted by Gasteiger charge is -2.24. The van der Waals surface area contributed by atoms with Crippen LogP contribution in [0.3, 0.4) is 0 Å². The van der Waals surface area contributed by atoms with Gasteiger partial charge in [-0.3, -0.25) is 9.59 Å². The molecular formula is C34H36O4S2. The topological polar surface area (TPSA) is 74.6 Å². The van der Waals surface area contributed by atoms with Crippen molar-refractivity contribution < 1.29 is 19.8 Å². The van der Waals surface area contributed by atoms with Crippen LogP contribution in [0.2, 0.25) is 0 Å². The van der Waals surface area contributed by atoms with Gasteiger partial charge in [0.15, 0.2) is 11.6 Å². The average molecular weight is 573 g/mol. The molecule has 3 aromatic carbocycles. The number of allylic oxidation sites excluding steroid dienone is 3. The monoisotopic (exact) mass is 572 g/mol. The lowest BCUT2D eigenvalue weighted by molar-refractivity contribution is 0.0977. The fourth-order valence-corrected chi connectivity index (χ4v) is 6.58. The number of phenols is 2. The van der Waals surface area contributed by atoms with Crippen molar-refractivity contribution in [3.63, 3.8) is 0 Å². The molecule has 0 fully saturated rings. The molecule has 0 aliphatic heterocycles. The lowest BCUT2D eigenvalue weighted by atomic mass is 9.86. The molecule has 0 saturated heterocycles. The molecule has 0 spiro atoms. The lowest BCUT2D eigenvalue weighted by Crippen LogP contribution is -2.24. The molecule has 1 unspecified atom stereocenters. The van der Waals surface area contributed by atoms with E-state index in [1.165, 1.54) is 46.8 Å². The Bertz CT molecular complexity index is 1480. The molecule has 0 heterocycles. The van der Waals surface area contributed by atoms with Gasteiger partial charge in [-0.2, -0.15) is 0 Å². The Morgan fingerprint density at radius 1 is 0.825 bits per heavy atom. The summed E-state index contributed by atoms with van der Waals surface area (Å²) in [5.74, 6) is -0.688. The normalized spacial score (nSPS) is 13.8. The molecule has 3 aromatic rings. The standard InChI is InChI=1S/C34H36O4S2/c1-19(2)7-16-29(39-24-12-8-22(9-13-24)20(3)4)26-17-27(35)32-31(33(26)37)28(36)18-30(34(32)38)40-25-14-10-23(11-15-25)21(5)6/h7-15,17-18,20-21,29,36,38H,16H2,1-6H3. The molecule has 0 radical (unpaired) electrons. The quantitative estimate of drug-likeness (QED) is 0.151. The first kappa shape index (κ1) is 29.8. The van der Waals surface area contributed by atoms with E-state index < -0.39 is 11.6 Å². The SMILES string of the molecule is CC(C)=CCC(Sc1ccc(C(C)C)cc1)C1=CC(=O)c2c(O)c(Sc3ccc(C(C)C)cc3)cc(O)c2C1=O. The van der Waals surface area contributed by atoms with Gasteiger partial charge in [-0.1, -0.05) is 75.4 Å². The summed E-state index contributed by atoms with van der Waals surface area (Å²) in [5, 5.41) is 21.8. The predicted octanol–water partition coefficient (Wildman–Crippen LogP) is 9.32. The van der Waals surface area contributed by atoms with E-state index in [0.29, 0.717) is 28.7 Å². The third kappa shape index (κ3) is 6.56. The minimum Gasteiger partial charge on any atom is -0.507 e. The Balaban J connectivity index is 1.68. The van der Waals surface area contributed by atoms with Crippen molar-refractivity contribution >= 4 is 35.1 Å². The Kier molecular flexibility index (Phi) is 9.32. The number of benzene rings is 3. The van der Waals surface area contributed by atoms with E-state index in [9.17, 15) is 19.8 Å². The molecule has 0 bridgehead atoms. The van der Waals surface area contributed by atoms with Gasteiger partial charge in [-0.15, -0.1) is 11.8 Å². The number of Topliss-reactive ketones (excluding diaryl/α,β-unsaturated/α-hetero) is 1. The van der Waals surface area contributed by atoms with Crippen LogP contribution in [0, 0.1) is 0 Å². The molecule has 2 N–H and O–H groups in total. The summed E-state index contributed by atoms with van der Waals surface area (Å²) in [6.45, 7) is 12.5. The minimum absolute atomic E-state index is 0.127. The molecule has 1 aliphatic rings. The van der Waals surface area contributed by atoms with E-state index in [2.05, 4.69) is 45.9 Å². The largest absolute Gasteiger partial charge is 0.507 e. The molecule has 4 nitrogen and oxygen atoms in total. The van der Waals surface area contributed by atoms with Crippen LogP contribution in [-0.4, -0.2) is 27.0 Å². The molecule has 1 atom stereocenters. The second-order valence-corrected chi connectivity index (χ2v) is 13.4. The van der Waals surface area contributed by atoms with Crippen molar-refractivity contribution in [1.82, 2.24) is 0 Å². The molecule has 1 aliphatic carbocycles. The number of rotatable bonds is 9. The van der Waals surface area contributed by atoms with E-state index >= 15 is 0 Å². The summed E-state index contributed by atoms with van der Waals surface area (Å²) in [7, 11) is 0. The van der Waals surface area contributed by atoms with Crippen LogP contribution in [0.4, 0.5) is 0 Å². The maximum absolute atomic E-state index is 13.8. The smallest absolute Gasteiger partial charge is 0.194 e. The van der Waals surface area contributed by atoms with Gasteiger partial charge in [-0.25, -0.2) is 0 Å². The van der Waals surface area contributed by atoms with Crippen molar-refractivity contribution in [1.29, 1.82) is 0 Å². The summed E-state index contributed by atoms with van der Waals surface area (Å²) in [6.07, 6.45) is 3.94. The number of carbonyl (C=O) groups is 2. The van der Waals surface area contributed by atoms with Gasteiger partial charge in [0, 0.05) is 20.6 Å². The van der Waals surface area contributed by atoms with Gasteiger partial charge in [0.2, 0.25) is 0 Å². The number of aromatic hydroxyl groups is 2. The van der Waals surface area contributed by atoms with Crippen LogP contribution in [0.15, 0.2) is 92.6 Å². The van der Waals surface area contributed by atoms with Crippen molar-refractivity contribution in [3.05, 3.63) is 100 Å². The number of ketones is 2. The van der Waals surface area contributed by atoms with Gasteiger partial charge in [0.05, 0.1) is 16.0 Å². The van der Waals surface area contributed by atoms with E-state index in [1.807, 2.05) is 50.2 Å². The van der Waals surface area contributed by atoms with E-state index in [4.69, 9.17) is 0 Å². The molecule has 4 rings (SSSR count). The summed E-state index contributed by atoms with van der Waals surface area (Å²) in [6, 6.07) is 17.6. The van der Waals surface area contributed by atoms with Gasteiger partial charge in [0.1, 0.15) is 11.5 Å². The molecule has 0 saturated carbocycles. The third-order valence-electron chi connectivity index (χ3n) is 6.95. The zero-order valence-electron chi connectivity index (χ0n) is 23.8. The first-order valence-corrected chi connectivity index (χ1v) is 15.2. The van der Waals surface area contributed by atoms with E-state index in [0.717, 1.165) is 15.4 Å². The fourth-order valence-electron chi connectivity index (χ4n) is 4.57. The highest BCUT2D eigenvalue weighted by Gasteiger charge is 2.36. The van der Waals surface area contributed by atoms with Crippen LogP contribution < -0.4 is 0 Å². The molecule has 6 heteroatoms. The number of hydrogen-bond donors (Lipinski definition) is 2. The Hall–Kier alpha value is -3.22. The fraction of sp³-hybridized carbons (Fsp3) is 0.294.